The second-order valence-corrected chi connectivity index (χ2v) is 5.64. The molecule has 0 bridgehead atoms. The van der Waals surface area contributed by atoms with Crippen LogP contribution in [-0.2, 0) is 9.59 Å². The first-order valence-electron chi connectivity index (χ1n) is 7.02. The first-order chi connectivity index (χ1) is 9.71. The van der Waals surface area contributed by atoms with E-state index in [2.05, 4.69) is 0 Å². The number of carboxylic acids is 1. The molecule has 5 heteroatoms. The summed E-state index contributed by atoms with van der Waals surface area (Å²) in [6, 6.07) is 7.68. The lowest BCUT2D eigenvalue weighted by Gasteiger charge is -2.33. The van der Waals surface area contributed by atoms with Crippen LogP contribution in [0.5, 0.6) is 0 Å². The van der Waals surface area contributed by atoms with Crippen LogP contribution >= 0.6 is 0 Å². The lowest BCUT2D eigenvalue weighted by atomic mass is 10.0. The van der Waals surface area contributed by atoms with Crippen LogP contribution in [0.3, 0.4) is 0 Å². The van der Waals surface area contributed by atoms with Crippen molar-refractivity contribution in [1.82, 2.24) is 4.90 Å². The molecule has 21 heavy (non-hydrogen) atoms. The number of rotatable bonds is 6. The van der Waals surface area contributed by atoms with Crippen LogP contribution in [0.15, 0.2) is 24.3 Å². The topological polar surface area (TPSA) is 60.9 Å². The van der Waals surface area contributed by atoms with Gasteiger partial charge in [-0.3, -0.25) is 14.5 Å². The summed E-state index contributed by atoms with van der Waals surface area (Å²) in [5.74, 6) is -1.06. The van der Waals surface area contributed by atoms with E-state index in [1.165, 1.54) is 0 Å². The van der Waals surface area contributed by atoms with Crippen molar-refractivity contribution in [2.75, 3.05) is 25.0 Å². The largest absolute Gasteiger partial charge is 0.480 e. The molecule has 0 radical (unpaired) electrons. The summed E-state index contributed by atoms with van der Waals surface area (Å²) in [5, 5.41) is 9.21. The molecule has 0 atom stereocenters. The molecule has 1 aromatic rings. The minimum absolute atomic E-state index is 0.0570. The Balaban J connectivity index is 2.91. The molecule has 0 spiro atoms. The minimum atomic E-state index is -1.08. The Bertz CT molecular complexity index is 526. The number of aliphatic carboxylic acids is 1. The van der Waals surface area contributed by atoms with E-state index in [-0.39, 0.29) is 12.5 Å². The van der Waals surface area contributed by atoms with Crippen LogP contribution in [0.2, 0.25) is 0 Å². The summed E-state index contributed by atoms with van der Waals surface area (Å²) in [6.45, 7) is 7.65. The maximum absolute atomic E-state index is 12.5. The van der Waals surface area contributed by atoms with Gasteiger partial charge in [0.05, 0.1) is 6.54 Å². The zero-order valence-corrected chi connectivity index (χ0v) is 13.4. The molecule has 1 N–H and O–H groups in total. The number of likely N-dealkylation sites (N-methyl/N-ethyl adjacent to an activating group) is 2. The van der Waals surface area contributed by atoms with Gasteiger partial charge >= 0.3 is 5.97 Å². The molecular weight excluding hydrogens is 268 g/mol. The van der Waals surface area contributed by atoms with E-state index in [9.17, 15) is 14.7 Å². The molecular formula is C16H24N2O3. The van der Waals surface area contributed by atoms with Crippen LogP contribution in [0.4, 0.5) is 5.69 Å². The maximum atomic E-state index is 12.5. The van der Waals surface area contributed by atoms with Crippen molar-refractivity contribution in [3.8, 4) is 0 Å². The van der Waals surface area contributed by atoms with E-state index in [1.807, 2.05) is 38.1 Å². The number of anilines is 1. The first-order valence-corrected chi connectivity index (χ1v) is 7.02. The molecule has 5 nitrogen and oxygen atoms in total. The molecule has 0 aromatic heterocycles. The van der Waals surface area contributed by atoms with Crippen molar-refractivity contribution in [1.29, 1.82) is 0 Å². The molecule has 116 valence electrons. The predicted octanol–water partition coefficient (Wildman–Crippen LogP) is 2.14. The quantitative estimate of drug-likeness (QED) is 0.872. The summed E-state index contributed by atoms with van der Waals surface area (Å²) >= 11 is 0. The van der Waals surface area contributed by atoms with Gasteiger partial charge in [0.2, 0.25) is 5.91 Å². The van der Waals surface area contributed by atoms with Crippen LogP contribution in [0.1, 0.15) is 26.3 Å². The Labute approximate surface area is 126 Å². The van der Waals surface area contributed by atoms with E-state index in [4.69, 9.17) is 0 Å². The highest BCUT2D eigenvalue weighted by Gasteiger charge is 2.33. The fraction of sp³-hybridized carbons (Fsp3) is 0.500. The van der Waals surface area contributed by atoms with Crippen LogP contribution in [0.25, 0.3) is 0 Å². The second kappa shape index (κ2) is 6.72. The van der Waals surface area contributed by atoms with Crippen molar-refractivity contribution in [2.45, 2.75) is 33.2 Å². The fourth-order valence-corrected chi connectivity index (χ4v) is 2.00. The minimum Gasteiger partial charge on any atom is -0.480 e. The van der Waals surface area contributed by atoms with Gasteiger partial charge in [-0.05, 0) is 46.4 Å². The average Bonchev–Trinajstić information content (AvgIpc) is 2.41. The van der Waals surface area contributed by atoms with E-state index < -0.39 is 11.5 Å². The van der Waals surface area contributed by atoms with Crippen LogP contribution in [0, 0.1) is 6.92 Å². The number of aryl methyl sites for hydroxylation is 1. The summed E-state index contributed by atoms with van der Waals surface area (Å²) < 4.78 is 0. The van der Waals surface area contributed by atoms with Gasteiger partial charge in [-0.25, -0.2) is 0 Å². The number of carbonyl (C=O) groups excluding carboxylic acids is 1. The molecule has 0 unspecified atom stereocenters. The standard InChI is InChI=1S/C16H24N2O3/c1-6-18(13-10-8-7-9-12(13)2)14(19)11-17(5)16(3,4)15(20)21/h7-10H,6,11H2,1-5H3,(H,20,21). The number of benzene rings is 1. The first kappa shape index (κ1) is 17.2. The Kier molecular flexibility index (Phi) is 5.49. The van der Waals surface area contributed by atoms with Gasteiger partial charge in [-0.15, -0.1) is 0 Å². The van der Waals surface area contributed by atoms with Gasteiger partial charge in [0.25, 0.3) is 0 Å². The SMILES string of the molecule is CCN(C(=O)CN(C)C(C)(C)C(=O)O)c1ccccc1C. The Hall–Kier alpha value is -1.88. The summed E-state index contributed by atoms with van der Waals surface area (Å²) in [6.07, 6.45) is 0. The maximum Gasteiger partial charge on any atom is 0.323 e. The lowest BCUT2D eigenvalue weighted by molar-refractivity contribution is -0.149. The summed E-state index contributed by atoms with van der Waals surface area (Å²) in [7, 11) is 1.65. The molecule has 0 saturated heterocycles. The Morgan fingerprint density at radius 3 is 2.29 bits per heavy atom. The number of para-hydroxylation sites is 1. The molecule has 1 aromatic carbocycles. The molecule has 0 aliphatic rings. The van der Waals surface area contributed by atoms with Crippen molar-refractivity contribution in [3.63, 3.8) is 0 Å². The third-order valence-corrected chi connectivity index (χ3v) is 3.87. The molecule has 0 saturated carbocycles. The van der Waals surface area contributed by atoms with E-state index in [0.29, 0.717) is 6.54 Å². The molecule has 0 aliphatic heterocycles. The van der Waals surface area contributed by atoms with E-state index >= 15 is 0 Å². The normalized spacial score (nSPS) is 11.5. The van der Waals surface area contributed by atoms with Gasteiger partial charge in [-0.1, -0.05) is 18.2 Å². The second-order valence-electron chi connectivity index (χ2n) is 5.64. The van der Waals surface area contributed by atoms with Gasteiger partial charge < -0.3 is 10.0 Å². The van der Waals surface area contributed by atoms with Crippen molar-refractivity contribution >= 4 is 17.6 Å². The molecule has 0 heterocycles. The Morgan fingerprint density at radius 1 is 1.24 bits per heavy atom. The molecule has 0 aliphatic carbocycles. The fourth-order valence-electron chi connectivity index (χ4n) is 2.00. The average molecular weight is 292 g/mol. The smallest absolute Gasteiger partial charge is 0.323 e. The van der Waals surface area contributed by atoms with Gasteiger partial charge in [-0.2, -0.15) is 0 Å². The van der Waals surface area contributed by atoms with Gasteiger partial charge in [0, 0.05) is 12.2 Å². The number of carboxylic acid groups (broad SMARTS) is 1. The van der Waals surface area contributed by atoms with Crippen molar-refractivity contribution in [3.05, 3.63) is 29.8 Å². The van der Waals surface area contributed by atoms with E-state index in [1.54, 1.807) is 30.7 Å². The summed E-state index contributed by atoms with van der Waals surface area (Å²) in [4.78, 5) is 27.0. The predicted molar refractivity (Wildman–Crippen MR) is 83.6 cm³/mol. The third-order valence-electron chi connectivity index (χ3n) is 3.87. The van der Waals surface area contributed by atoms with Crippen molar-refractivity contribution in [2.24, 2.45) is 0 Å². The highest BCUT2D eigenvalue weighted by atomic mass is 16.4. The van der Waals surface area contributed by atoms with Crippen LogP contribution < -0.4 is 4.90 Å². The zero-order valence-electron chi connectivity index (χ0n) is 13.4. The van der Waals surface area contributed by atoms with Gasteiger partial charge in [0.1, 0.15) is 5.54 Å². The van der Waals surface area contributed by atoms with E-state index in [0.717, 1.165) is 11.3 Å². The Morgan fingerprint density at radius 2 is 1.81 bits per heavy atom. The summed E-state index contributed by atoms with van der Waals surface area (Å²) in [5.41, 5.74) is 0.806. The van der Waals surface area contributed by atoms with Crippen molar-refractivity contribution < 1.29 is 14.7 Å². The highest BCUT2D eigenvalue weighted by Crippen LogP contribution is 2.20. The monoisotopic (exact) mass is 292 g/mol. The lowest BCUT2D eigenvalue weighted by Crippen LogP contribution is -2.52. The molecule has 1 rings (SSSR count). The number of carbonyl (C=O) groups is 2. The number of hydrogen-bond donors (Lipinski definition) is 1. The molecule has 1 amide bonds. The number of nitrogens with zero attached hydrogens (tertiary/aromatic N) is 2. The number of hydrogen-bond acceptors (Lipinski definition) is 3. The van der Waals surface area contributed by atoms with Gasteiger partial charge in [0.15, 0.2) is 0 Å². The van der Waals surface area contributed by atoms with Crippen LogP contribution in [-0.4, -0.2) is 47.6 Å². The highest BCUT2D eigenvalue weighted by molar-refractivity contribution is 5.95. The zero-order chi connectivity index (χ0) is 16.2. The third kappa shape index (κ3) is 3.82. The number of amides is 1. The molecule has 0 fully saturated rings.